The van der Waals surface area contributed by atoms with E-state index in [1.807, 2.05) is 41.8 Å². The third-order valence-corrected chi connectivity index (χ3v) is 3.85. The zero-order valence-corrected chi connectivity index (χ0v) is 11.1. The number of hydrogen-bond acceptors (Lipinski definition) is 3. The van der Waals surface area contributed by atoms with E-state index in [9.17, 15) is 4.79 Å². The number of ether oxygens (including phenoxy) is 1. The lowest BCUT2D eigenvalue weighted by atomic mass is 10.0. The first kappa shape index (κ1) is 12.0. The van der Waals surface area contributed by atoms with Gasteiger partial charge < -0.3 is 10.1 Å². The number of thiophene rings is 1. The van der Waals surface area contributed by atoms with Crippen LogP contribution in [-0.4, -0.2) is 19.2 Å². The van der Waals surface area contributed by atoms with Crippen LogP contribution in [0.15, 0.2) is 41.8 Å². The van der Waals surface area contributed by atoms with E-state index in [1.54, 1.807) is 0 Å². The highest BCUT2D eigenvalue weighted by molar-refractivity contribution is 7.14. The number of hydrogen-bond donors (Lipinski definition) is 2. The molecule has 0 spiro atoms. The summed E-state index contributed by atoms with van der Waals surface area (Å²) < 4.78 is 5.58. The van der Waals surface area contributed by atoms with Gasteiger partial charge in [0.25, 0.3) is 0 Å². The molecule has 2 amide bonds. The van der Waals surface area contributed by atoms with Gasteiger partial charge in [-0.1, -0.05) is 18.2 Å². The van der Waals surface area contributed by atoms with Gasteiger partial charge in [-0.2, -0.15) is 0 Å². The summed E-state index contributed by atoms with van der Waals surface area (Å²) in [5.41, 5.74) is 1.17. The summed E-state index contributed by atoms with van der Waals surface area (Å²) in [6.45, 7) is 1.20. The molecule has 19 heavy (non-hydrogen) atoms. The van der Waals surface area contributed by atoms with E-state index in [4.69, 9.17) is 4.74 Å². The van der Waals surface area contributed by atoms with Crippen LogP contribution >= 0.6 is 11.3 Å². The molecule has 0 bridgehead atoms. The lowest BCUT2D eigenvalue weighted by molar-refractivity contribution is 0.250. The van der Waals surface area contributed by atoms with Gasteiger partial charge in [0.15, 0.2) is 0 Å². The predicted octanol–water partition coefficient (Wildman–Crippen LogP) is 3.05. The molecule has 0 radical (unpaired) electrons. The Balaban J connectivity index is 1.55. The molecule has 0 unspecified atom stereocenters. The van der Waals surface area contributed by atoms with E-state index >= 15 is 0 Å². The van der Waals surface area contributed by atoms with Crippen LogP contribution in [0.1, 0.15) is 11.5 Å². The number of amides is 2. The molecule has 98 valence electrons. The van der Waals surface area contributed by atoms with Gasteiger partial charge in [0.2, 0.25) is 0 Å². The first-order valence-electron chi connectivity index (χ1n) is 6.13. The first-order valence-corrected chi connectivity index (χ1v) is 7.01. The monoisotopic (exact) mass is 274 g/mol. The van der Waals surface area contributed by atoms with Crippen LogP contribution < -0.4 is 15.4 Å². The Kier molecular flexibility index (Phi) is 3.37. The SMILES string of the molecule is O=C(NC[C@H]1COc2ccccc21)Nc1cccs1. The molecule has 2 aromatic rings. The number of carbonyl (C=O) groups is 1. The van der Waals surface area contributed by atoms with Crippen molar-refractivity contribution in [1.82, 2.24) is 5.32 Å². The quantitative estimate of drug-likeness (QED) is 0.903. The lowest BCUT2D eigenvalue weighted by Gasteiger charge is -2.10. The average molecular weight is 274 g/mol. The largest absolute Gasteiger partial charge is 0.493 e. The molecule has 3 rings (SSSR count). The van der Waals surface area contributed by atoms with E-state index in [2.05, 4.69) is 10.6 Å². The zero-order chi connectivity index (χ0) is 13.1. The third kappa shape index (κ3) is 2.71. The second-order valence-corrected chi connectivity index (χ2v) is 5.31. The maximum absolute atomic E-state index is 11.7. The van der Waals surface area contributed by atoms with Crippen molar-refractivity contribution in [2.24, 2.45) is 0 Å². The summed E-state index contributed by atoms with van der Waals surface area (Å²) >= 11 is 1.50. The molecule has 0 fully saturated rings. The minimum atomic E-state index is -0.174. The van der Waals surface area contributed by atoms with E-state index in [-0.39, 0.29) is 11.9 Å². The second kappa shape index (κ2) is 5.32. The van der Waals surface area contributed by atoms with Crippen molar-refractivity contribution < 1.29 is 9.53 Å². The van der Waals surface area contributed by atoms with E-state index < -0.39 is 0 Å². The predicted molar refractivity (Wildman–Crippen MR) is 76.0 cm³/mol. The highest BCUT2D eigenvalue weighted by Crippen LogP contribution is 2.32. The maximum Gasteiger partial charge on any atom is 0.319 e. The molecule has 0 saturated carbocycles. The number of nitrogens with one attached hydrogen (secondary N) is 2. The molecule has 1 aliphatic heterocycles. The molecule has 0 aliphatic carbocycles. The highest BCUT2D eigenvalue weighted by Gasteiger charge is 2.23. The van der Waals surface area contributed by atoms with Crippen molar-refractivity contribution in [2.75, 3.05) is 18.5 Å². The van der Waals surface area contributed by atoms with Crippen LogP contribution in [0, 0.1) is 0 Å². The zero-order valence-electron chi connectivity index (χ0n) is 10.3. The molecule has 1 aromatic carbocycles. The molecular formula is C14H14N2O2S. The van der Waals surface area contributed by atoms with Crippen LogP contribution in [0.2, 0.25) is 0 Å². The van der Waals surface area contributed by atoms with Crippen LogP contribution in [0.5, 0.6) is 5.75 Å². The number of urea groups is 1. The Bertz CT molecular complexity index is 569. The molecule has 1 aliphatic rings. The Hall–Kier alpha value is -2.01. The Labute approximate surface area is 115 Å². The van der Waals surface area contributed by atoms with Crippen LogP contribution in [0.4, 0.5) is 9.80 Å². The Morgan fingerprint density at radius 2 is 2.21 bits per heavy atom. The van der Waals surface area contributed by atoms with Crippen molar-refractivity contribution in [3.05, 3.63) is 47.3 Å². The fourth-order valence-corrected chi connectivity index (χ4v) is 2.73. The van der Waals surface area contributed by atoms with Gasteiger partial charge in [0, 0.05) is 18.0 Å². The van der Waals surface area contributed by atoms with Gasteiger partial charge >= 0.3 is 6.03 Å². The van der Waals surface area contributed by atoms with Crippen LogP contribution in [-0.2, 0) is 0 Å². The van der Waals surface area contributed by atoms with Crippen molar-refractivity contribution in [1.29, 1.82) is 0 Å². The minimum absolute atomic E-state index is 0.174. The van der Waals surface area contributed by atoms with Crippen LogP contribution in [0.25, 0.3) is 0 Å². The molecule has 2 heterocycles. The van der Waals surface area contributed by atoms with Gasteiger partial charge in [-0.15, -0.1) is 11.3 Å². The molecule has 1 aromatic heterocycles. The fraction of sp³-hybridized carbons (Fsp3) is 0.214. The summed E-state index contributed by atoms with van der Waals surface area (Å²) in [5, 5.41) is 8.45. The van der Waals surface area contributed by atoms with Crippen LogP contribution in [0.3, 0.4) is 0 Å². The fourth-order valence-electron chi connectivity index (χ4n) is 2.12. The first-order chi connectivity index (χ1) is 9.33. The highest BCUT2D eigenvalue weighted by atomic mass is 32.1. The normalized spacial score (nSPS) is 16.5. The number of fused-ring (bicyclic) bond motifs is 1. The van der Waals surface area contributed by atoms with Crippen molar-refractivity contribution in [3.63, 3.8) is 0 Å². The molecule has 4 nitrogen and oxygen atoms in total. The Morgan fingerprint density at radius 3 is 3.05 bits per heavy atom. The van der Waals surface area contributed by atoms with Gasteiger partial charge in [-0.05, 0) is 23.6 Å². The van der Waals surface area contributed by atoms with Gasteiger partial charge in [-0.25, -0.2) is 4.79 Å². The van der Waals surface area contributed by atoms with Gasteiger partial charge in [0.1, 0.15) is 5.75 Å². The smallest absolute Gasteiger partial charge is 0.319 e. The van der Waals surface area contributed by atoms with Gasteiger partial charge in [0.05, 0.1) is 11.6 Å². The van der Waals surface area contributed by atoms with E-state index in [0.717, 1.165) is 10.8 Å². The number of benzene rings is 1. The standard InChI is InChI=1S/C14H14N2O2S/c17-14(16-13-6-3-7-19-13)15-8-10-9-18-12-5-2-1-4-11(10)12/h1-7,10H,8-9H2,(H2,15,16,17)/t10-/m0/s1. The molecular weight excluding hydrogens is 260 g/mol. The van der Waals surface area contributed by atoms with E-state index in [0.29, 0.717) is 13.2 Å². The topological polar surface area (TPSA) is 50.4 Å². The van der Waals surface area contributed by atoms with Gasteiger partial charge in [-0.3, -0.25) is 5.32 Å². The number of rotatable bonds is 3. The summed E-state index contributed by atoms with van der Waals surface area (Å²) in [4.78, 5) is 11.7. The summed E-state index contributed by atoms with van der Waals surface area (Å²) in [5.74, 6) is 1.15. The van der Waals surface area contributed by atoms with Crippen molar-refractivity contribution in [3.8, 4) is 5.75 Å². The number of carbonyl (C=O) groups excluding carboxylic acids is 1. The number of para-hydroxylation sites is 1. The molecule has 2 N–H and O–H groups in total. The minimum Gasteiger partial charge on any atom is -0.493 e. The number of anilines is 1. The maximum atomic E-state index is 11.7. The molecule has 1 atom stereocenters. The lowest BCUT2D eigenvalue weighted by Crippen LogP contribution is -2.32. The summed E-state index contributed by atoms with van der Waals surface area (Å²) in [6.07, 6.45) is 0. The average Bonchev–Trinajstić information content (AvgIpc) is 3.05. The third-order valence-electron chi connectivity index (χ3n) is 3.07. The Morgan fingerprint density at radius 1 is 1.32 bits per heavy atom. The van der Waals surface area contributed by atoms with Crippen molar-refractivity contribution in [2.45, 2.75) is 5.92 Å². The van der Waals surface area contributed by atoms with E-state index in [1.165, 1.54) is 16.9 Å². The van der Waals surface area contributed by atoms with Crippen molar-refractivity contribution >= 4 is 22.4 Å². The second-order valence-electron chi connectivity index (χ2n) is 4.36. The summed E-state index contributed by atoms with van der Waals surface area (Å²) in [6, 6.07) is 11.6. The molecule has 0 saturated heterocycles. The summed E-state index contributed by atoms with van der Waals surface area (Å²) in [7, 11) is 0. The molecule has 5 heteroatoms.